The van der Waals surface area contributed by atoms with Crippen molar-refractivity contribution in [2.24, 2.45) is 7.05 Å². The summed E-state index contributed by atoms with van der Waals surface area (Å²) in [6, 6.07) is 12.0. The lowest BCUT2D eigenvalue weighted by Crippen LogP contribution is -2.38. The van der Waals surface area contributed by atoms with Crippen LogP contribution in [0.4, 0.5) is 5.82 Å². The highest BCUT2D eigenvalue weighted by atomic mass is 16.3. The summed E-state index contributed by atoms with van der Waals surface area (Å²) >= 11 is 0. The van der Waals surface area contributed by atoms with Gasteiger partial charge in [-0.2, -0.15) is 5.10 Å². The van der Waals surface area contributed by atoms with Crippen LogP contribution >= 0.6 is 0 Å². The molecule has 0 saturated carbocycles. The summed E-state index contributed by atoms with van der Waals surface area (Å²) in [5.41, 5.74) is 8.44. The van der Waals surface area contributed by atoms with Crippen LogP contribution in [0.5, 0.6) is 5.75 Å². The smallest absolute Gasteiger partial charge is 0.255 e. The SMILES string of the molecule is Cn1cc(-c2cnc(N)c(C(=O)N[C@@H]3CCN(C(=O)c4ccc5cc(O)ccc5c4)C3)c2)cn1. The van der Waals surface area contributed by atoms with Crippen molar-refractivity contribution < 1.29 is 14.7 Å². The van der Waals surface area contributed by atoms with Crippen LogP contribution in [0.1, 0.15) is 27.1 Å². The molecule has 0 radical (unpaired) electrons. The number of likely N-dealkylation sites (tertiary alicyclic amines) is 1. The van der Waals surface area contributed by atoms with E-state index in [-0.39, 0.29) is 29.4 Å². The molecular formula is C25H24N6O3. The molecule has 0 aliphatic carbocycles. The van der Waals surface area contributed by atoms with Gasteiger partial charge < -0.3 is 21.1 Å². The minimum Gasteiger partial charge on any atom is -0.508 e. The minimum absolute atomic E-state index is 0.0912. The van der Waals surface area contributed by atoms with E-state index >= 15 is 0 Å². The average Bonchev–Trinajstić information content (AvgIpc) is 3.47. The molecule has 9 nitrogen and oxygen atoms in total. The molecular weight excluding hydrogens is 432 g/mol. The van der Waals surface area contributed by atoms with Crippen LogP contribution < -0.4 is 11.1 Å². The molecule has 4 aromatic rings. The maximum Gasteiger partial charge on any atom is 0.255 e. The zero-order chi connectivity index (χ0) is 23.8. The second kappa shape index (κ2) is 8.51. The number of carbonyl (C=O) groups excluding carboxylic acids is 2. The number of pyridine rings is 1. The Kier molecular flexibility index (Phi) is 5.37. The number of nitrogens with one attached hydrogen (secondary N) is 1. The summed E-state index contributed by atoms with van der Waals surface area (Å²) in [5, 5.41) is 18.5. The third-order valence-electron chi connectivity index (χ3n) is 6.08. The van der Waals surface area contributed by atoms with Crippen molar-refractivity contribution in [1.29, 1.82) is 0 Å². The lowest BCUT2D eigenvalue weighted by atomic mass is 10.1. The molecule has 1 aliphatic rings. The number of nitrogens with zero attached hydrogens (tertiary/aromatic N) is 4. The van der Waals surface area contributed by atoms with Gasteiger partial charge in [0.1, 0.15) is 11.6 Å². The van der Waals surface area contributed by atoms with Gasteiger partial charge in [-0.3, -0.25) is 14.3 Å². The summed E-state index contributed by atoms with van der Waals surface area (Å²) in [7, 11) is 1.82. The highest BCUT2D eigenvalue weighted by Gasteiger charge is 2.29. The van der Waals surface area contributed by atoms with Crippen molar-refractivity contribution in [2.45, 2.75) is 12.5 Å². The Hall–Kier alpha value is -4.40. The second-order valence-electron chi connectivity index (χ2n) is 8.52. The molecule has 0 spiro atoms. The number of fused-ring (bicyclic) bond motifs is 1. The van der Waals surface area contributed by atoms with Crippen LogP contribution in [0.2, 0.25) is 0 Å². The molecule has 9 heteroatoms. The van der Waals surface area contributed by atoms with Gasteiger partial charge in [-0.1, -0.05) is 12.1 Å². The van der Waals surface area contributed by atoms with Crippen molar-refractivity contribution in [2.75, 3.05) is 18.8 Å². The highest BCUT2D eigenvalue weighted by molar-refractivity contribution is 6.00. The normalized spacial score (nSPS) is 15.6. The van der Waals surface area contributed by atoms with E-state index in [1.54, 1.807) is 52.3 Å². The Bertz CT molecular complexity index is 1410. The number of nitrogen functional groups attached to an aromatic ring is 1. The lowest BCUT2D eigenvalue weighted by Gasteiger charge is -2.18. The van der Waals surface area contributed by atoms with Gasteiger partial charge in [0, 0.05) is 55.3 Å². The summed E-state index contributed by atoms with van der Waals surface area (Å²) in [6.07, 6.45) is 5.80. The molecule has 0 unspecified atom stereocenters. The van der Waals surface area contributed by atoms with E-state index in [9.17, 15) is 14.7 Å². The first kappa shape index (κ1) is 21.4. The van der Waals surface area contributed by atoms with Crippen molar-refractivity contribution in [1.82, 2.24) is 25.0 Å². The van der Waals surface area contributed by atoms with E-state index in [2.05, 4.69) is 15.4 Å². The van der Waals surface area contributed by atoms with Crippen LogP contribution in [0.3, 0.4) is 0 Å². The molecule has 0 bridgehead atoms. The Labute approximate surface area is 195 Å². The van der Waals surface area contributed by atoms with E-state index in [1.165, 1.54) is 0 Å². The number of phenolic OH excluding ortho intramolecular Hbond substituents is 1. The Morgan fingerprint density at radius 1 is 1.09 bits per heavy atom. The van der Waals surface area contributed by atoms with Crippen LogP contribution in [0, 0.1) is 0 Å². The highest BCUT2D eigenvalue weighted by Crippen LogP contribution is 2.24. The predicted octanol–water partition coefficient (Wildman–Crippen LogP) is 2.57. The number of aryl methyl sites for hydroxylation is 1. The number of amides is 2. The summed E-state index contributed by atoms with van der Waals surface area (Å²) in [5.74, 6) is -0.0724. The molecule has 2 amide bonds. The van der Waals surface area contributed by atoms with E-state index in [0.29, 0.717) is 30.6 Å². The van der Waals surface area contributed by atoms with Crippen molar-refractivity contribution >= 4 is 28.4 Å². The van der Waals surface area contributed by atoms with Gasteiger partial charge in [-0.05, 0) is 47.5 Å². The molecule has 2 aromatic heterocycles. The first-order chi connectivity index (χ1) is 16.4. The monoisotopic (exact) mass is 456 g/mol. The number of aromatic nitrogens is 3. The van der Waals surface area contributed by atoms with Crippen molar-refractivity contribution in [3.8, 4) is 16.9 Å². The van der Waals surface area contributed by atoms with Gasteiger partial charge in [0.2, 0.25) is 0 Å². The topological polar surface area (TPSA) is 126 Å². The molecule has 3 heterocycles. The quantitative estimate of drug-likeness (QED) is 0.433. The van der Waals surface area contributed by atoms with Gasteiger partial charge >= 0.3 is 0 Å². The molecule has 2 aromatic carbocycles. The van der Waals surface area contributed by atoms with Gasteiger partial charge in [0.05, 0.1) is 11.8 Å². The predicted molar refractivity (Wildman–Crippen MR) is 128 cm³/mol. The zero-order valence-electron chi connectivity index (χ0n) is 18.6. The van der Waals surface area contributed by atoms with Gasteiger partial charge in [0.25, 0.3) is 11.8 Å². The lowest BCUT2D eigenvalue weighted by molar-refractivity contribution is 0.0783. The van der Waals surface area contributed by atoms with Crippen molar-refractivity contribution in [3.05, 3.63) is 72.2 Å². The Morgan fingerprint density at radius 3 is 2.68 bits per heavy atom. The molecule has 5 rings (SSSR count). The van der Waals surface area contributed by atoms with Gasteiger partial charge in [0.15, 0.2) is 0 Å². The van der Waals surface area contributed by atoms with E-state index < -0.39 is 0 Å². The number of rotatable bonds is 4. The van der Waals surface area contributed by atoms with Crippen LogP contribution in [-0.2, 0) is 7.05 Å². The maximum absolute atomic E-state index is 13.0. The van der Waals surface area contributed by atoms with Crippen LogP contribution in [-0.4, -0.2) is 55.7 Å². The Balaban J connectivity index is 1.27. The number of carbonyl (C=O) groups is 2. The molecule has 34 heavy (non-hydrogen) atoms. The summed E-state index contributed by atoms with van der Waals surface area (Å²) in [4.78, 5) is 31.9. The number of hydrogen-bond donors (Lipinski definition) is 3. The van der Waals surface area contributed by atoms with Gasteiger partial charge in [-0.15, -0.1) is 0 Å². The first-order valence-corrected chi connectivity index (χ1v) is 10.9. The molecule has 1 fully saturated rings. The first-order valence-electron chi connectivity index (χ1n) is 10.9. The Morgan fingerprint density at radius 2 is 1.88 bits per heavy atom. The number of anilines is 1. The second-order valence-corrected chi connectivity index (χ2v) is 8.52. The largest absolute Gasteiger partial charge is 0.508 e. The molecule has 4 N–H and O–H groups in total. The maximum atomic E-state index is 13.0. The summed E-state index contributed by atoms with van der Waals surface area (Å²) < 4.78 is 1.68. The fraction of sp³-hybridized carbons (Fsp3) is 0.200. The van der Waals surface area contributed by atoms with Gasteiger partial charge in [-0.25, -0.2) is 4.98 Å². The van der Waals surface area contributed by atoms with E-state index in [0.717, 1.165) is 21.9 Å². The standard InChI is InChI=1S/C25H24N6O3/c1-30-13-19(12-28-30)18-10-22(23(26)27-11-18)24(33)29-20-6-7-31(14-20)25(34)17-3-2-16-9-21(32)5-4-15(16)8-17/h2-5,8-13,20,32H,6-7,14H2,1H3,(H2,26,27)(H,29,33)/t20-/m1/s1. The van der Waals surface area contributed by atoms with Crippen LogP contribution in [0.25, 0.3) is 21.9 Å². The number of aromatic hydroxyl groups is 1. The fourth-order valence-corrected chi connectivity index (χ4v) is 4.26. The number of phenols is 1. The third-order valence-corrected chi connectivity index (χ3v) is 6.08. The number of nitrogens with two attached hydrogens (primary N) is 1. The molecule has 1 saturated heterocycles. The number of benzene rings is 2. The average molecular weight is 457 g/mol. The minimum atomic E-state index is -0.319. The van der Waals surface area contributed by atoms with E-state index in [1.807, 2.05) is 25.4 Å². The molecule has 172 valence electrons. The van der Waals surface area contributed by atoms with Crippen LogP contribution in [0.15, 0.2) is 61.1 Å². The summed E-state index contributed by atoms with van der Waals surface area (Å²) in [6.45, 7) is 0.953. The number of hydrogen-bond acceptors (Lipinski definition) is 6. The van der Waals surface area contributed by atoms with Crippen molar-refractivity contribution in [3.63, 3.8) is 0 Å². The third kappa shape index (κ3) is 4.15. The van der Waals surface area contributed by atoms with E-state index in [4.69, 9.17) is 5.73 Å². The molecule has 1 atom stereocenters. The fourth-order valence-electron chi connectivity index (χ4n) is 4.26. The molecule has 1 aliphatic heterocycles. The zero-order valence-corrected chi connectivity index (χ0v) is 18.6.